The number of aryl methyl sites for hydroxylation is 2. The summed E-state index contributed by atoms with van der Waals surface area (Å²) in [4.78, 5) is 0. The molecule has 0 unspecified atom stereocenters. The van der Waals surface area contributed by atoms with E-state index in [0.717, 1.165) is 17.8 Å². The topological polar surface area (TPSA) is 42.7 Å². The van der Waals surface area contributed by atoms with Crippen LogP contribution in [0.15, 0.2) is 30.5 Å². The summed E-state index contributed by atoms with van der Waals surface area (Å²) < 4.78 is 1.71. The van der Waals surface area contributed by atoms with E-state index in [1.807, 2.05) is 13.2 Å². The van der Waals surface area contributed by atoms with Crippen molar-refractivity contribution in [2.24, 2.45) is 7.05 Å². The predicted molar refractivity (Wildman–Crippen MR) is 68.8 cm³/mol. The molecule has 1 heterocycles. The second-order valence-electron chi connectivity index (χ2n) is 4.18. The zero-order valence-electron chi connectivity index (χ0n) is 10.3. The third-order valence-corrected chi connectivity index (χ3v) is 2.62. The fourth-order valence-electron chi connectivity index (χ4n) is 1.75. The third-order valence-electron chi connectivity index (χ3n) is 2.62. The molecule has 0 fully saturated rings. The first kappa shape index (κ1) is 11.6. The van der Waals surface area contributed by atoms with Crippen LogP contribution in [0.3, 0.4) is 0 Å². The Kier molecular flexibility index (Phi) is 3.75. The van der Waals surface area contributed by atoms with Crippen molar-refractivity contribution in [1.82, 2.24) is 15.0 Å². The van der Waals surface area contributed by atoms with Crippen LogP contribution >= 0.6 is 0 Å². The third kappa shape index (κ3) is 3.31. The predicted octanol–water partition coefficient (Wildman–Crippen LogP) is 2.38. The van der Waals surface area contributed by atoms with Gasteiger partial charge in [-0.25, -0.2) is 0 Å². The van der Waals surface area contributed by atoms with E-state index in [9.17, 15) is 0 Å². The number of nitrogens with one attached hydrogen (secondary N) is 1. The first-order chi connectivity index (χ1) is 8.28. The normalized spacial score (nSPS) is 10.5. The molecule has 0 bridgehead atoms. The number of benzene rings is 1. The van der Waals surface area contributed by atoms with Crippen LogP contribution in [-0.4, -0.2) is 15.0 Å². The molecule has 17 heavy (non-hydrogen) atoms. The number of hydrogen-bond donors (Lipinski definition) is 1. The molecule has 2 aromatic rings. The van der Waals surface area contributed by atoms with Crippen LogP contribution in [0, 0.1) is 0 Å². The summed E-state index contributed by atoms with van der Waals surface area (Å²) in [7, 11) is 1.87. The molecule has 90 valence electrons. The second-order valence-corrected chi connectivity index (χ2v) is 4.18. The number of anilines is 1. The van der Waals surface area contributed by atoms with Crippen molar-refractivity contribution in [3.8, 4) is 0 Å². The molecule has 1 aromatic heterocycles. The van der Waals surface area contributed by atoms with Gasteiger partial charge in [0.1, 0.15) is 5.69 Å². The lowest BCUT2D eigenvalue weighted by atomic mass is 10.1. The van der Waals surface area contributed by atoms with E-state index in [-0.39, 0.29) is 0 Å². The monoisotopic (exact) mass is 230 g/mol. The van der Waals surface area contributed by atoms with Gasteiger partial charge in [-0.05, 0) is 24.1 Å². The second kappa shape index (κ2) is 5.48. The van der Waals surface area contributed by atoms with Gasteiger partial charge in [-0.15, -0.1) is 5.10 Å². The highest BCUT2D eigenvalue weighted by atomic mass is 15.4. The summed E-state index contributed by atoms with van der Waals surface area (Å²) in [6.07, 6.45) is 4.25. The SMILES string of the molecule is CCCc1ccc(NCc2cn(C)nn2)cc1. The van der Waals surface area contributed by atoms with Crippen molar-refractivity contribution in [2.45, 2.75) is 26.3 Å². The maximum Gasteiger partial charge on any atom is 0.102 e. The molecule has 0 aliphatic carbocycles. The highest BCUT2D eigenvalue weighted by molar-refractivity contribution is 5.44. The molecule has 0 atom stereocenters. The molecular formula is C13H18N4. The van der Waals surface area contributed by atoms with Crippen LogP contribution in [-0.2, 0) is 20.0 Å². The van der Waals surface area contributed by atoms with Crippen LogP contribution in [0.4, 0.5) is 5.69 Å². The van der Waals surface area contributed by atoms with Crippen molar-refractivity contribution >= 4 is 5.69 Å². The molecule has 0 aliphatic heterocycles. The first-order valence-corrected chi connectivity index (χ1v) is 5.96. The van der Waals surface area contributed by atoms with Crippen molar-refractivity contribution in [3.63, 3.8) is 0 Å². The highest BCUT2D eigenvalue weighted by Gasteiger charge is 1.98. The van der Waals surface area contributed by atoms with E-state index in [1.54, 1.807) is 4.68 Å². The molecule has 1 aromatic carbocycles. The van der Waals surface area contributed by atoms with Crippen LogP contribution in [0.2, 0.25) is 0 Å². The van der Waals surface area contributed by atoms with Gasteiger partial charge in [0.25, 0.3) is 0 Å². The maximum absolute atomic E-state index is 4.03. The van der Waals surface area contributed by atoms with Gasteiger partial charge in [0.2, 0.25) is 0 Å². The quantitative estimate of drug-likeness (QED) is 0.857. The van der Waals surface area contributed by atoms with Gasteiger partial charge in [0.15, 0.2) is 0 Å². The number of hydrogen-bond acceptors (Lipinski definition) is 3. The molecule has 0 spiro atoms. The van der Waals surface area contributed by atoms with Gasteiger partial charge < -0.3 is 5.32 Å². The molecule has 0 saturated carbocycles. The van der Waals surface area contributed by atoms with E-state index >= 15 is 0 Å². The molecule has 1 N–H and O–H groups in total. The lowest BCUT2D eigenvalue weighted by molar-refractivity contribution is 0.713. The molecule has 0 aliphatic rings. The Bertz CT molecular complexity index is 459. The summed E-state index contributed by atoms with van der Waals surface area (Å²) in [6.45, 7) is 2.90. The van der Waals surface area contributed by atoms with Crippen LogP contribution in [0.25, 0.3) is 0 Å². The van der Waals surface area contributed by atoms with Gasteiger partial charge in [-0.2, -0.15) is 0 Å². The molecule has 2 rings (SSSR count). The molecular weight excluding hydrogens is 212 g/mol. The Morgan fingerprint density at radius 3 is 2.59 bits per heavy atom. The lowest BCUT2D eigenvalue weighted by Gasteiger charge is -2.05. The molecule has 4 nitrogen and oxygen atoms in total. The van der Waals surface area contributed by atoms with Crippen LogP contribution in [0.5, 0.6) is 0 Å². The van der Waals surface area contributed by atoms with Gasteiger partial charge in [-0.3, -0.25) is 4.68 Å². The van der Waals surface area contributed by atoms with Crippen LogP contribution in [0.1, 0.15) is 24.6 Å². The Hall–Kier alpha value is -1.84. The Morgan fingerprint density at radius 2 is 2.00 bits per heavy atom. The van der Waals surface area contributed by atoms with E-state index in [0.29, 0.717) is 6.54 Å². The average molecular weight is 230 g/mol. The first-order valence-electron chi connectivity index (χ1n) is 5.96. The number of nitrogens with zero attached hydrogens (tertiary/aromatic N) is 3. The zero-order valence-corrected chi connectivity index (χ0v) is 10.3. The highest BCUT2D eigenvalue weighted by Crippen LogP contribution is 2.11. The smallest absolute Gasteiger partial charge is 0.102 e. The molecule has 0 radical (unpaired) electrons. The van der Waals surface area contributed by atoms with Gasteiger partial charge in [0.05, 0.1) is 6.54 Å². The molecule has 4 heteroatoms. The zero-order chi connectivity index (χ0) is 12.1. The Balaban J connectivity index is 1.90. The van der Waals surface area contributed by atoms with Crippen molar-refractivity contribution in [1.29, 1.82) is 0 Å². The van der Waals surface area contributed by atoms with Crippen LogP contribution < -0.4 is 5.32 Å². The summed E-state index contributed by atoms with van der Waals surface area (Å²) in [5.74, 6) is 0. The van der Waals surface area contributed by atoms with Gasteiger partial charge in [0, 0.05) is 18.9 Å². The van der Waals surface area contributed by atoms with E-state index in [1.165, 1.54) is 12.0 Å². The standard InChI is InChI=1S/C13H18N4/c1-3-4-11-5-7-12(8-6-11)14-9-13-10-17(2)16-15-13/h5-8,10,14H,3-4,9H2,1-2H3. The van der Waals surface area contributed by atoms with Crippen molar-refractivity contribution in [2.75, 3.05) is 5.32 Å². The Labute approximate surface area is 102 Å². The molecule has 0 saturated heterocycles. The fraction of sp³-hybridized carbons (Fsp3) is 0.385. The fourth-order valence-corrected chi connectivity index (χ4v) is 1.75. The molecule has 0 amide bonds. The lowest BCUT2D eigenvalue weighted by Crippen LogP contribution is -1.99. The number of aromatic nitrogens is 3. The van der Waals surface area contributed by atoms with Gasteiger partial charge in [-0.1, -0.05) is 30.7 Å². The largest absolute Gasteiger partial charge is 0.379 e. The Morgan fingerprint density at radius 1 is 1.24 bits per heavy atom. The summed E-state index contributed by atoms with van der Waals surface area (Å²) in [5.41, 5.74) is 3.46. The minimum absolute atomic E-state index is 0.709. The van der Waals surface area contributed by atoms with E-state index < -0.39 is 0 Å². The van der Waals surface area contributed by atoms with Gasteiger partial charge >= 0.3 is 0 Å². The number of rotatable bonds is 5. The summed E-state index contributed by atoms with van der Waals surface area (Å²) in [6, 6.07) is 8.56. The van der Waals surface area contributed by atoms with E-state index in [4.69, 9.17) is 0 Å². The van der Waals surface area contributed by atoms with Crippen molar-refractivity contribution < 1.29 is 0 Å². The van der Waals surface area contributed by atoms with Crippen molar-refractivity contribution in [3.05, 3.63) is 41.7 Å². The minimum Gasteiger partial charge on any atom is -0.379 e. The average Bonchev–Trinajstić information content (AvgIpc) is 2.75. The minimum atomic E-state index is 0.709. The maximum atomic E-state index is 4.03. The summed E-state index contributed by atoms with van der Waals surface area (Å²) >= 11 is 0. The van der Waals surface area contributed by atoms with E-state index in [2.05, 4.69) is 46.8 Å². The summed E-state index contributed by atoms with van der Waals surface area (Å²) in [5, 5.41) is 11.3.